The van der Waals surface area contributed by atoms with Gasteiger partial charge in [-0.05, 0) is 37.5 Å². The van der Waals surface area contributed by atoms with E-state index in [1.54, 1.807) is 18.2 Å². The number of ether oxygens (including phenoxy) is 1. The van der Waals surface area contributed by atoms with Gasteiger partial charge in [0, 0.05) is 17.1 Å². The Morgan fingerprint density at radius 2 is 2.19 bits per heavy atom. The number of nitrogens with zero attached hydrogens (tertiary/aromatic N) is 1. The van der Waals surface area contributed by atoms with Crippen LogP contribution in [-0.2, 0) is 16.0 Å². The van der Waals surface area contributed by atoms with Crippen LogP contribution in [0.4, 0.5) is 0 Å². The van der Waals surface area contributed by atoms with Gasteiger partial charge in [0.2, 0.25) is 5.91 Å². The number of carbonyl (C=O) groups is 2. The van der Waals surface area contributed by atoms with Crippen molar-refractivity contribution in [3.05, 3.63) is 28.8 Å². The van der Waals surface area contributed by atoms with Crippen LogP contribution in [0.1, 0.15) is 24.8 Å². The van der Waals surface area contributed by atoms with Crippen molar-refractivity contribution in [2.75, 3.05) is 13.7 Å². The van der Waals surface area contributed by atoms with E-state index in [2.05, 4.69) is 0 Å². The summed E-state index contributed by atoms with van der Waals surface area (Å²) in [5, 5.41) is 9.75. The van der Waals surface area contributed by atoms with Crippen LogP contribution in [0.2, 0.25) is 5.02 Å². The standard InChI is InChI=1S/C15H18ClNO4/c1-21-13-6-5-11(16)8-10(13)9-14(18)17-7-3-2-4-12(17)15(19)20/h5-6,8,12H,2-4,7,9H2,1H3,(H,19,20)/t12-/m1/s1. The van der Waals surface area contributed by atoms with E-state index in [0.717, 1.165) is 12.8 Å². The van der Waals surface area contributed by atoms with Crippen LogP contribution in [0.3, 0.4) is 0 Å². The number of benzene rings is 1. The van der Waals surface area contributed by atoms with Crippen molar-refractivity contribution in [3.8, 4) is 5.75 Å². The average molecular weight is 312 g/mol. The first kappa shape index (κ1) is 15.6. The Kier molecular flexibility index (Phi) is 5.07. The molecule has 0 bridgehead atoms. The van der Waals surface area contributed by atoms with E-state index >= 15 is 0 Å². The molecule has 1 atom stereocenters. The number of rotatable bonds is 4. The van der Waals surface area contributed by atoms with E-state index in [1.165, 1.54) is 12.0 Å². The molecule has 2 rings (SSSR count). The zero-order chi connectivity index (χ0) is 15.4. The average Bonchev–Trinajstić information content (AvgIpc) is 2.47. The summed E-state index contributed by atoms with van der Waals surface area (Å²) in [4.78, 5) is 25.1. The Bertz CT molecular complexity index is 546. The quantitative estimate of drug-likeness (QED) is 0.927. The highest BCUT2D eigenvalue weighted by Crippen LogP contribution is 2.25. The van der Waals surface area contributed by atoms with Crippen molar-refractivity contribution in [2.24, 2.45) is 0 Å². The lowest BCUT2D eigenvalue weighted by atomic mass is 10.0. The maximum absolute atomic E-state index is 12.4. The zero-order valence-corrected chi connectivity index (χ0v) is 12.6. The molecule has 0 aliphatic carbocycles. The van der Waals surface area contributed by atoms with Crippen LogP contribution in [0.5, 0.6) is 5.75 Å². The van der Waals surface area contributed by atoms with Gasteiger partial charge in [0.15, 0.2) is 0 Å². The zero-order valence-electron chi connectivity index (χ0n) is 11.8. The highest BCUT2D eigenvalue weighted by Gasteiger charge is 2.32. The normalized spacial score (nSPS) is 18.4. The number of hydrogen-bond acceptors (Lipinski definition) is 3. The fourth-order valence-corrected chi connectivity index (χ4v) is 2.83. The van der Waals surface area contributed by atoms with E-state index in [4.69, 9.17) is 16.3 Å². The van der Waals surface area contributed by atoms with Crippen molar-refractivity contribution in [3.63, 3.8) is 0 Å². The van der Waals surface area contributed by atoms with Crippen LogP contribution < -0.4 is 4.74 Å². The first-order valence-electron chi connectivity index (χ1n) is 6.87. The summed E-state index contributed by atoms with van der Waals surface area (Å²) in [6.45, 7) is 0.485. The van der Waals surface area contributed by atoms with Crippen molar-refractivity contribution in [1.29, 1.82) is 0 Å². The molecule has 1 aliphatic heterocycles. The van der Waals surface area contributed by atoms with E-state index in [-0.39, 0.29) is 12.3 Å². The van der Waals surface area contributed by atoms with Crippen molar-refractivity contribution in [2.45, 2.75) is 31.7 Å². The number of hydrogen-bond donors (Lipinski definition) is 1. The molecule has 21 heavy (non-hydrogen) atoms. The smallest absolute Gasteiger partial charge is 0.326 e. The van der Waals surface area contributed by atoms with Crippen LogP contribution in [0.25, 0.3) is 0 Å². The van der Waals surface area contributed by atoms with Gasteiger partial charge in [-0.25, -0.2) is 4.79 Å². The molecular formula is C15H18ClNO4. The molecular weight excluding hydrogens is 294 g/mol. The Balaban J connectivity index is 2.16. The second-order valence-electron chi connectivity index (χ2n) is 5.07. The van der Waals surface area contributed by atoms with Gasteiger partial charge < -0.3 is 14.7 Å². The Labute approximate surface area is 128 Å². The second kappa shape index (κ2) is 6.80. The van der Waals surface area contributed by atoms with E-state index in [9.17, 15) is 14.7 Å². The third-order valence-corrected chi connectivity index (χ3v) is 3.93. The van der Waals surface area contributed by atoms with Crippen molar-refractivity contribution < 1.29 is 19.4 Å². The monoisotopic (exact) mass is 311 g/mol. The number of piperidine rings is 1. The fourth-order valence-electron chi connectivity index (χ4n) is 2.64. The molecule has 5 nitrogen and oxygen atoms in total. The summed E-state index contributed by atoms with van der Waals surface area (Å²) in [5.74, 6) is -0.569. The number of carboxylic acids is 1. The van der Waals surface area contributed by atoms with Gasteiger partial charge in [-0.1, -0.05) is 11.6 Å². The Morgan fingerprint density at radius 1 is 1.43 bits per heavy atom. The predicted octanol–water partition coefficient (Wildman–Crippen LogP) is 2.36. The van der Waals surface area contributed by atoms with E-state index < -0.39 is 12.0 Å². The lowest BCUT2D eigenvalue weighted by Gasteiger charge is -2.33. The van der Waals surface area contributed by atoms with Gasteiger partial charge in [0.25, 0.3) is 0 Å². The first-order valence-corrected chi connectivity index (χ1v) is 7.25. The molecule has 0 aromatic heterocycles. The lowest BCUT2D eigenvalue weighted by Crippen LogP contribution is -2.48. The minimum Gasteiger partial charge on any atom is -0.496 e. The molecule has 0 unspecified atom stereocenters. The summed E-state index contributed by atoms with van der Waals surface area (Å²) in [6, 6.07) is 4.35. The van der Waals surface area contributed by atoms with E-state index in [0.29, 0.717) is 29.3 Å². The number of aliphatic carboxylic acids is 1. The maximum atomic E-state index is 12.4. The van der Waals surface area contributed by atoms with Crippen molar-refractivity contribution >= 4 is 23.5 Å². The van der Waals surface area contributed by atoms with Gasteiger partial charge in [0.05, 0.1) is 13.5 Å². The van der Waals surface area contributed by atoms with Gasteiger partial charge >= 0.3 is 5.97 Å². The highest BCUT2D eigenvalue weighted by atomic mass is 35.5. The first-order chi connectivity index (χ1) is 10.0. The molecule has 6 heteroatoms. The van der Waals surface area contributed by atoms with Crippen LogP contribution in [0.15, 0.2) is 18.2 Å². The van der Waals surface area contributed by atoms with E-state index in [1.807, 2.05) is 0 Å². The molecule has 1 heterocycles. The molecule has 0 saturated carbocycles. The summed E-state index contributed by atoms with van der Waals surface area (Å²) < 4.78 is 5.22. The topological polar surface area (TPSA) is 66.8 Å². The maximum Gasteiger partial charge on any atom is 0.326 e. The summed E-state index contributed by atoms with van der Waals surface area (Å²) in [6.07, 6.45) is 2.27. The lowest BCUT2D eigenvalue weighted by molar-refractivity contribution is -0.151. The molecule has 1 aliphatic rings. The largest absolute Gasteiger partial charge is 0.496 e. The summed E-state index contributed by atoms with van der Waals surface area (Å²) in [5.41, 5.74) is 0.671. The Morgan fingerprint density at radius 3 is 2.86 bits per heavy atom. The molecule has 1 aromatic carbocycles. The number of carbonyl (C=O) groups excluding carboxylic acids is 1. The fraction of sp³-hybridized carbons (Fsp3) is 0.467. The number of amides is 1. The van der Waals surface area contributed by atoms with Gasteiger partial charge in [-0.15, -0.1) is 0 Å². The van der Waals surface area contributed by atoms with Crippen LogP contribution in [-0.4, -0.2) is 41.6 Å². The molecule has 114 valence electrons. The number of carboxylic acid groups (broad SMARTS) is 1. The summed E-state index contributed by atoms with van der Waals surface area (Å²) in [7, 11) is 1.53. The third kappa shape index (κ3) is 3.67. The second-order valence-corrected chi connectivity index (χ2v) is 5.51. The number of likely N-dealkylation sites (tertiary alicyclic amines) is 1. The molecule has 0 spiro atoms. The van der Waals surface area contributed by atoms with Gasteiger partial charge in [-0.2, -0.15) is 0 Å². The third-order valence-electron chi connectivity index (χ3n) is 3.69. The molecule has 1 saturated heterocycles. The number of halogens is 1. The SMILES string of the molecule is COc1ccc(Cl)cc1CC(=O)N1CCCC[C@@H]1C(=O)O. The minimum atomic E-state index is -0.943. The van der Waals surface area contributed by atoms with Gasteiger partial charge in [0.1, 0.15) is 11.8 Å². The summed E-state index contributed by atoms with van der Waals surface area (Å²) >= 11 is 5.95. The molecule has 1 fully saturated rings. The number of methoxy groups -OCH3 is 1. The van der Waals surface area contributed by atoms with Crippen LogP contribution in [0, 0.1) is 0 Å². The van der Waals surface area contributed by atoms with Crippen molar-refractivity contribution in [1.82, 2.24) is 4.90 Å². The molecule has 1 amide bonds. The molecule has 0 radical (unpaired) electrons. The highest BCUT2D eigenvalue weighted by molar-refractivity contribution is 6.30. The minimum absolute atomic E-state index is 0.0908. The predicted molar refractivity (Wildman–Crippen MR) is 78.7 cm³/mol. The molecule has 1 N–H and O–H groups in total. The molecule has 1 aromatic rings. The van der Waals surface area contributed by atoms with Gasteiger partial charge in [-0.3, -0.25) is 4.79 Å². The van der Waals surface area contributed by atoms with Crippen LogP contribution >= 0.6 is 11.6 Å². The Hall–Kier alpha value is -1.75.